The van der Waals surface area contributed by atoms with Gasteiger partial charge in [0.05, 0.1) is 0 Å². The van der Waals surface area contributed by atoms with Gasteiger partial charge in [-0.1, -0.05) is 0 Å². The van der Waals surface area contributed by atoms with E-state index in [-0.39, 0.29) is 5.00 Å². The maximum absolute atomic E-state index is 10.1. The minimum atomic E-state index is -0.507. The topological polar surface area (TPSA) is 89.2 Å². The Balaban J connectivity index is 2.95. The first-order valence-corrected chi connectivity index (χ1v) is 2.63. The van der Waals surface area contributed by atoms with Crippen molar-refractivity contribution in [3.8, 4) is 0 Å². The highest BCUT2D eigenvalue weighted by molar-refractivity contribution is 7.29. The molecule has 0 spiro atoms. The number of hydrogen-bond acceptors (Lipinski definition) is 7. The predicted octanol–water partition coefficient (Wildman–Crippen LogP) is -0.390. The van der Waals surface area contributed by atoms with E-state index in [2.05, 4.69) is 25.4 Å². The highest BCUT2D eigenvalue weighted by Gasteiger charge is 1.89. The second-order valence-electron chi connectivity index (χ2n) is 0.791. The first-order chi connectivity index (χ1) is 4.31. The van der Waals surface area contributed by atoms with Gasteiger partial charge in [-0.3, -0.25) is 0 Å². The fourth-order valence-electron chi connectivity index (χ4n) is 0.135. The van der Waals surface area contributed by atoms with Crippen molar-refractivity contribution in [2.24, 2.45) is 5.90 Å². The fraction of sp³-hybridized carbons (Fsp3) is 1.00. The molecule has 0 aliphatic carbocycles. The van der Waals surface area contributed by atoms with Crippen LogP contribution in [0.1, 0.15) is 0 Å². The van der Waals surface area contributed by atoms with E-state index < -0.39 is 8.96 Å². The molecule has 56 valence electrons. The molecule has 0 saturated heterocycles. The van der Waals surface area contributed by atoms with Crippen LogP contribution >= 0.6 is 8.96 Å². The van der Waals surface area contributed by atoms with E-state index in [4.69, 9.17) is 0 Å². The molecule has 0 fully saturated rings. The third kappa shape index (κ3) is 6.03. The smallest absolute Gasteiger partial charge is 0.103 e. The zero-order chi connectivity index (χ0) is 7.11. The summed E-state index contributed by atoms with van der Waals surface area (Å²) in [7, 11) is 0.823. The zero-order valence-corrected chi connectivity index (χ0v) is 5.57. The summed E-state index contributed by atoms with van der Waals surface area (Å²) in [6, 6.07) is 0. The van der Waals surface area contributed by atoms with Gasteiger partial charge < -0.3 is 9.73 Å². The van der Waals surface area contributed by atoms with Crippen LogP contribution in [0.4, 0.5) is 0 Å². The Hall–Kier alpha value is 0.150. The molecule has 7 nitrogen and oxygen atoms in total. The number of hydrogen-bond donors (Lipinski definition) is 1. The van der Waals surface area contributed by atoms with Crippen LogP contribution < -0.4 is 5.90 Å². The van der Waals surface area contributed by atoms with Gasteiger partial charge in [0.1, 0.15) is 8.96 Å². The predicted molar refractivity (Wildman–Crippen MR) is 28.0 cm³/mol. The van der Waals surface area contributed by atoms with E-state index in [1.165, 1.54) is 7.11 Å². The molecule has 0 aromatic heterocycles. The van der Waals surface area contributed by atoms with Crippen LogP contribution in [0, 0.1) is 5.21 Å². The van der Waals surface area contributed by atoms with E-state index in [1.54, 1.807) is 0 Å². The summed E-state index contributed by atoms with van der Waals surface area (Å²) in [6.45, 7) is 0. The maximum Gasteiger partial charge on any atom is 0.103 e. The molecule has 0 saturated carbocycles. The van der Waals surface area contributed by atoms with Crippen molar-refractivity contribution >= 4 is 8.96 Å². The van der Waals surface area contributed by atoms with Crippen LogP contribution in [0.2, 0.25) is 0 Å². The Morgan fingerprint density at radius 3 is 2.78 bits per heavy atom. The second kappa shape index (κ2) is 6.27. The number of nitrogens with zero attached hydrogens (tertiary/aromatic N) is 1. The van der Waals surface area contributed by atoms with Crippen LogP contribution in [-0.4, -0.2) is 12.1 Å². The Morgan fingerprint density at radius 2 is 2.33 bits per heavy atom. The Labute approximate surface area is 52.9 Å². The van der Waals surface area contributed by atoms with Crippen molar-refractivity contribution < 1.29 is 19.5 Å². The summed E-state index contributed by atoms with van der Waals surface area (Å²) >= 11 is 0. The quantitative estimate of drug-likeness (QED) is 0.330. The lowest BCUT2D eigenvalue weighted by Crippen LogP contribution is -2.10. The minimum absolute atomic E-state index is 0.0207. The largest absolute Gasteiger partial charge is 0.755 e. The van der Waals surface area contributed by atoms with Crippen LogP contribution in [0.25, 0.3) is 0 Å². The van der Waals surface area contributed by atoms with Crippen molar-refractivity contribution in [2.75, 3.05) is 7.11 Å². The second-order valence-corrected chi connectivity index (χ2v) is 1.75. The molecule has 0 radical (unpaired) electrons. The van der Waals surface area contributed by atoms with Crippen LogP contribution in [0.15, 0.2) is 0 Å². The summed E-state index contributed by atoms with van der Waals surface area (Å²) < 4.78 is 4.34. The molecule has 9 heavy (non-hydrogen) atoms. The van der Waals surface area contributed by atoms with Gasteiger partial charge in [0.25, 0.3) is 0 Å². The molecule has 8 heteroatoms. The molecule has 0 amide bonds. The zero-order valence-electron chi connectivity index (χ0n) is 4.57. The average molecular weight is 157 g/mol. The van der Waals surface area contributed by atoms with Gasteiger partial charge in [-0.15, -0.1) is 9.98 Å². The fourth-order valence-corrected chi connectivity index (χ4v) is 0.345. The Kier molecular flexibility index (Phi) is 6.38. The van der Waals surface area contributed by atoms with Gasteiger partial charge in [-0.2, -0.15) is 10.9 Å². The number of nitrogens with two attached hydrogens (primary N) is 1. The van der Waals surface area contributed by atoms with Crippen LogP contribution in [-0.2, 0) is 19.5 Å². The standard InChI is InChI=1S/CH6N2O5P/c1-5-9-3(4)7-8-6-2/h9H,2H2,1H3/q-1. The van der Waals surface area contributed by atoms with Gasteiger partial charge in [0.2, 0.25) is 0 Å². The molecule has 0 heterocycles. The van der Waals surface area contributed by atoms with Crippen LogP contribution in [0.5, 0.6) is 0 Å². The van der Waals surface area contributed by atoms with Gasteiger partial charge in [0.15, 0.2) is 0 Å². The van der Waals surface area contributed by atoms with Gasteiger partial charge in [-0.05, 0) is 5.04 Å². The Bertz CT molecular complexity index is 62.9. The molecule has 0 bridgehead atoms. The molecule has 0 aliphatic rings. The monoisotopic (exact) mass is 157 g/mol. The summed E-state index contributed by atoms with van der Waals surface area (Å²) in [6.07, 6.45) is 0. The molecular formula is CH6N2O5P-. The SMILES string of the molecule is COPN([O-])OOON. The lowest BCUT2D eigenvalue weighted by atomic mass is 11.8. The average Bonchev–Trinajstić information content (AvgIpc) is 1.85. The lowest BCUT2D eigenvalue weighted by molar-refractivity contribution is -0.561. The van der Waals surface area contributed by atoms with Crippen molar-refractivity contribution in [3.63, 3.8) is 0 Å². The molecule has 0 rings (SSSR count). The van der Waals surface area contributed by atoms with Gasteiger partial charge in [0, 0.05) is 7.11 Å². The van der Waals surface area contributed by atoms with E-state index >= 15 is 0 Å². The van der Waals surface area contributed by atoms with Crippen molar-refractivity contribution in [1.29, 1.82) is 0 Å². The molecule has 2 N–H and O–H groups in total. The highest BCUT2D eigenvalue weighted by Crippen LogP contribution is 2.15. The summed E-state index contributed by atoms with van der Waals surface area (Å²) in [4.78, 5) is 7.21. The highest BCUT2D eigenvalue weighted by atomic mass is 31.1. The summed E-state index contributed by atoms with van der Waals surface area (Å²) in [5, 5.41) is 13.7. The minimum Gasteiger partial charge on any atom is -0.755 e. The third-order valence-corrected chi connectivity index (χ3v) is 0.709. The molecular weight excluding hydrogens is 151 g/mol. The van der Waals surface area contributed by atoms with Gasteiger partial charge >= 0.3 is 0 Å². The van der Waals surface area contributed by atoms with E-state index in [1.807, 2.05) is 0 Å². The number of rotatable bonds is 5. The van der Waals surface area contributed by atoms with E-state index in [0.29, 0.717) is 0 Å². The Morgan fingerprint density at radius 1 is 1.67 bits per heavy atom. The third-order valence-electron chi connectivity index (χ3n) is 0.303. The van der Waals surface area contributed by atoms with E-state index in [0.717, 1.165) is 0 Å². The molecule has 0 aromatic rings. The summed E-state index contributed by atoms with van der Waals surface area (Å²) in [5.41, 5.74) is 0. The summed E-state index contributed by atoms with van der Waals surface area (Å²) in [5.74, 6) is 4.32. The molecule has 0 aliphatic heterocycles. The molecule has 1 unspecified atom stereocenters. The first kappa shape index (κ1) is 9.15. The first-order valence-electron chi connectivity index (χ1n) is 1.77. The molecule has 0 aromatic carbocycles. The normalized spacial score (nSPS) is 12.0. The van der Waals surface area contributed by atoms with Crippen molar-refractivity contribution in [2.45, 2.75) is 0 Å². The van der Waals surface area contributed by atoms with Crippen molar-refractivity contribution in [1.82, 2.24) is 5.00 Å². The maximum atomic E-state index is 10.1. The van der Waals surface area contributed by atoms with Gasteiger partial charge in [-0.25, -0.2) is 0 Å². The van der Waals surface area contributed by atoms with Crippen LogP contribution in [0.3, 0.4) is 0 Å². The van der Waals surface area contributed by atoms with Crippen molar-refractivity contribution in [3.05, 3.63) is 5.21 Å². The van der Waals surface area contributed by atoms with E-state index in [9.17, 15) is 5.21 Å². The molecule has 1 atom stereocenters. The lowest BCUT2D eigenvalue weighted by Gasteiger charge is -2.20.